The predicted molar refractivity (Wildman–Crippen MR) is 58.7 cm³/mol. The van der Waals surface area contributed by atoms with Gasteiger partial charge in [0.05, 0.1) is 0 Å². The first-order valence-electron chi connectivity index (χ1n) is 4.72. The van der Waals surface area contributed by atoms with Gasteiger partial charge in [0.15, 0.2) is 18.1 Å². The standard InChI is InChI=1S/C12H12O4.Na/c1-9(13)11(16-8-12(14)15)7-10-5-3-2-4-6-10;/h2-7H,8H2,1H3,(H,14,15);/q;+1/b11-7+;. The molecule has 0 fully saturated rings. The quantitative estimate of drug-likeness (QED) is 0.397. The summed E-state index contributed by atoms with van der Waals surface area (Å²) in [4.78, 5) is 21.5. The number of ketones is 1. The van der Waals surface area contributed by atoms with Gasteiger partial charge in [-0.15, -0.1) is 0 Å². The summed E-state index contributed by atoms with van der Waals surface area (Å²) in [7, 11) is 0. The number of carbonyl (C=O) groups is 2. The second-order valence-corrected chi connectivity index (χ2v) is 3.16. The van der Waals surface area contributed by atoms with Crippen LogP contribution in [-0.2, 0) is 14.3 Å². The molecule has 0 unspecified atom stereocenters. The van der Waals surface area contributed by atoms with Gasteiger partial charge in [-0.05, 0) is 11.6 Å². The van der Waals surface area contributed by atoms with Crippen LogP contribution < -0.4 is 29.6 Å². The number of carbonyl (C=O) groups excluding carboxylic acids is 1. The van der Waals surface area contributed by atoms with Crippen LogP contribution >= 0.6 is 0 Å². The number of aliphatic carboxylic acids is 1. The molecule has 0 heterocycles. The van der Waals surface area contributed by atoms with Crippen molar-refractivity contribution in [2.45, 2.75) is 6.92 Å². The maximum atomic E-state index is 11.2. The first-order chi connectivity index (χ1) is 7.59. The van der Waals surface area contributed by atoms with Gasteiger partial charge in [-0.3, -0.25) is 4.79 Å². The topological polar surface area (TPSA) is 63.6 Å². The molecule has 0 aliphatic rings. The van der Waals surface area contributed by atoms with Gasteiger partial charge in [-0.2, -0.15) is 0 Å². The molecular weight excluding hydrogens is 231 g/mol. The van der Waals surface area contributed by atoms with E-state index in [0.29, 0.717) is 0 Å². The molecule has 0 atom stereocenters. The smallest absolute Gasteiger partial charge is 0.479 e. The Morgan fingerprint density at radius 3 is 2.35 bits per heavy atom. The average Bonchev–Trinajstić information content (AvgIpc) is 2.25. The minimum Gasteiger partial charge on any atom is -0.479 e. The van der Waals surface area contributed by atoms with Gasteiger partial charge in [0.2, 0.25) is 0 Å². The molecule has 17 heavy (non-hydrogen) atoms. The van der Waals surface area contributed by atoms with Crippen LogP contribution in [0.3, 0.4) is 0 Å². The van der Waals surface area contributed by atoms with Gasteiger partial charge in [-0.1, -0.05) is 30.3 Å². The average molecular weight is 243 g/mol. The predicted octanol–water partition coefficient (Wildman–Crippen LogP) is -1.28. The molecule has 0 aromatic heterocycles. The first-order valence-corrected chi connectivity index (χ1v) is 4.72. The molecule has 4 nitrogen and oxygen atoms in total. The SMILES string of the molecule is CC(=O)/C(=C\c1ccccc1)OCC(=O)O.[Na+]. The Balaban J connectivity index is 0.00000256. The number of ether oxygens (including phenoxy) is 1. The second kappa shape index (κ2) is 8.06. The van der Waals surface area contributed by atoms with E-state index in [-0.39, 0.29) is 41.1 Å². The van der Waals surface area contributed by atoms with Crippen LogP contribution in [0.4, 0.5) is 0 Å². The summed E-state index contributed by atoms with van der Waals surface area (Å²) in [6.45, 7) is 0.814. The fourth-order valence-electron chi connectivity index (χ4n) is 1.09. The van der Waals surface area contributed by atoms with E-state index >= 15 is 0 Å². The van der Waals surface area contributed by atoms with Gasteiger partial charge < -0.3 is 9.84 Å². The van der Waals surface area contributed by atoms with Gasteiger partial charge in [0.1, 0.15) is 0 Å². The van der Waals surface area contributed by atoms with Gasteiger partial charge >= 0.3 is 35.5 Å². The van der Waals surface area contributed by atoms with Crippen LogP contribution in [0.5, 0.6) is 0 Å². The number of carboxylic acid groups (broad SMARTS) is 1. The van der Waals surface area contributed by atoms with Crippen LogP contribution in [0.1, 0.15) is 12.5 Å². The third kappa shape index (κ3) is 6.26. The number of carboxylic acids is 1. The summed E-state index contributed by atoms with van der Waals surface area (Å²) in [5.74, 6) is -1.36. The number of Topliss-reactive ketones (excluding diaryl/α,β-unsaturated/α-hetero) is 1. The molecule has 84 valence electrons. The van der Waals surface area contributed by atoms with E-state index in [2.05, 4.69) is 0 Å². The number of allylic oxidation sites excluding steroid dienone is 1. The maximum absolute atomic E-state index is 11.2. The largest absolute Gasteiger partial charge is 1.00 e. The maximum Gasteiger partial charge on any atom is 1.00 e. The summed E-state index contributed by atoms with van der Waals surface area (Å²) in [5.41, 5.74) is 0.790. The molecule has 0 aliphatic heterocycles. The molecule has 0 aliphatic carbocycles. The van der Waals surface area contributed by atoms with Gasteiger partial charge in [-0.25, -0.2) is 4.79 Å². The number of rotatable bonds is 5. The third-order valence-corrected chi connectivity index (χ3v) is 1.80. The Morgan fingerprint density at radius 1 is 1.29 bits per heavy atom. The zero-order chi connectivity index (χ0) is 12.0. The Morgan fingerprint density at radius 2 is 1.88 bits per heavy atom. The molecular formula is C12H12NaO4+. The van der Waals surface area contributed by atoms with Crippen LogP contribution in [0.15, 0.2) is 36.1 Å². The molecule has 1 aromatic rings. The van der Waals surface area contributed by atoms with Crippen molar-refractivity contribution >= 4 is 17.8 Å². The zero-order valence-electron chi connectivity index (χ0n) is 9.84. The van der Waals surface area contributed by atoms with Crippen molar-refractivity contribution in [3.8, 4) is 0 Å². The zero-order valence-corrected chi connectivity index (χ0v) is 11.8. The molecule has 0 saturated carbocycles. The third-order valence-electron chi connectivity index (χ3n) is 1.80. The van der Waals surface area contributed by atoms with E-state index in [9.17, 15) is 9.59 Å². The van der Waals surface area contributed by atoms with Crippen molar-refractivity contribution in [2.75, 3.05) is 6.61 Å². The molecule has 0 radical (unpaired) electrons. The number of hydrogen-bond acceptors (Lipinski definition) is 3. The molecule has 1 aromatic carbocycles. The van der Waals surface area contributed by atoms with Crippen molar-refractivity contribution in [3.05, 3.63) is 41.7 Å². The summed E-state index contributed by atoms with van der Waals surface area (Å²) in [5, 5.41) is 8.45. The van der Waals surface area contributed by atoms with E-state index in [4.69, 9.17) is 9.84 Å². The molecule has 0 spiro atoms. The summed E-state index contributed by atoms with van der Waals surface area (Å²) < 4.78 is 4.88. The first kappa shape index (κ1) is 15.9. The van der Waals surface area contributed by atoms with E-state index in [1.807, 2.05) is 18.2 Å². The molecule has 1 N–H and O–H groups in total. The van der Waals surface area contributed by atoms with E-state index in [1.165, 1.54) is 13.0 Å². The van der Waals surface area contributed by atoms with Crippen molar-refractivity contribution in [1.82, 2.24) is 0 Å². The van der Waals surface area contributed by atoms with Crippen molar-refractivity contribution in [2.24, 2.45) is 0 Å². The Hall–Kier alpha value is -1.10. The number of benzene rings is 1. The molecule has 1 rings (SSSR count). The number of hydrogen-bond donors (Lipinski definition) is 1. The minimum absolute atomic E-state index is 0. The molecule has 0 bridgehead atoms. The van der Waals surface area contributed by atoms with Gasteiger partial charge in [0.25, 0.3) is 0 Å². The molecule has 5 heteroatoms. The minimum atomic E-state index is -1.11. The molecule has 0 saturated heterocycles. The van der Waals surface area contributed by atoms with E-state index < -0.39 is 12.6 Å². The summed E-state index contributed by atoms with van der Waals surface area (Å²) >= 11 is 0. The van der Waals surface area contributed by atoms with Crippen LogP contribution in [0.2, 0.25) is 0 Å². The van der Waals surface area contributed by atoms with Crippen LogP contribution in [-0.4, -0.2) is 23.5 Å². The monoisotopic (exact) mass is 243 g/mol. The van der Waals surface area contributed by atoms with Crippen molar-refractivity contribution in [1.29, 1.82) is 0 Å². The normalized spacial score (nSPS) is 10.3. The second-order valence-electron chi connectivity index (χ2n) is 3.16. The molecule has 0 amide bonds. The van der Waals surface area contributed by atoms with Crippen LogP contribution in [0.25, 0.3) is 6.08 Å². The summed E-state index contributed by atoms with van der Waals surface area (Å²) in [6, 6.07) is 9.09. The van der Waals surface area contributed by atoms with Crippen molar-refractivity contribution in [3.63, 3.8) is 0 Å². The Kier molecular flexibility index (Phi) is 7.54. The van der Waals surface area contributed by atoms with Gasteiger partial charge in [0, 0.05) is 6.92 Å². The fourth-order valence-corrected chi connectivity index (χ4v) is 1.09. The van der Waals surface area contributed by atoms with Crippen LogP contribution in [0, 0.1) is 0 Å². The van der Waals surface area contributed by atoms with E-state index in [1.54, 1.807) is 12.1 Å². The Labute approximate surface area is 122 Å². The fraction of sp³-hybridized carbons (Fsp3) is 0.167. The summed E-state index contributed by atoms with van der Waals surface area (Å²) in [6.07, 6.45) is 1.52. The van der Waals surface area contributed by atoms with E-state index in [0.717, 1.165) is 5.56 Å². The van der Waals surface area contributed by atoms with Crippen molar-refractivity contribution < 1.29 is 49.0 Å². The Bertz CT molecular complexity index is 412.